The molecule has 2 aliphatic rings. The van der Waals surface area contributed by atoms with E-state index in [-0.39, 0.29) is 22.4 Å². The lowest BCUT2D eigenvalue weighted by Gasteiger charge is -2.26. The number of hydrogen-bond donors (Lipinski definition) is 2. The fourth-order valence-electron chi connectivity index (χ4n) is 3.23. The number of rotatable bonds is 8. The number of amidine groups is 1. The van der Waals surface area contributed by atoms with Crippen molar-refractivity contribution in [3.63, 3.8) is 0 Å². The van der Waals surface area contributed by atoms with Crippen molar-refractivity contribution >= 4 is 45.6 Å². The van der Waals surface area contributed by atoms with E-state index in [9.17, 15) is 14.4 Å². The molecule has 0 bridgehead atoms. The minimum Gasteiger partial charge on any atom is -0.496 e. The van der Waals surface area contributed by atoms with E-state index in [2.05, 4.69) is 15.3 Å². The van der Waals surface area contributed by atoms with Crippen LogP contribution in [-0.4, -0.2) is 54.6 Å². The summed E-state index contributed by atoms with van der Waals surface area (Å²) in [6.07, 6.45) is 1.86. The smallest absolute Gasteiger partial charge is 0.442 e. The Morgan fingerprint density at radius 2 is 1.97 bits per heavy atom. The van der Waals surface area contributed by atoms with Crippen LogP contribution in [0.25, 0.3) is 5.70 Å². The Balaban J connectivity index is 1.53. The first-order chi connectivity index (χ1) is 16.8. The summed E-state index contributed by atoms with van der Waals surface area (Å²) in [6.45, 7) is 2.59. The average molecular weight is 502 g/mol. The van der Waals surface area contributed by atoms with Crippen LogP contribution in [0.2, 0.25) is 0 Å². The molecule has 1 aromatic heterocycles. The molecule has 3 heterocycles. The van der Waals surface area contributed by atoms with Gasteiger partial charge in [-0.3, -0.25) is 4.79 Å². The van der Waals surface area contributed by atoms with Crippen LogP contribution in [0.15, 0.2) is 56.2 Å². The van der Waals surface area contributed by atoms with E-state index >= 15 is 0 Å². The van der Waals surface area contributed by atoms with Gasteiger partial charge in [0.05, 0.1) is 12.5 Å². The zero-order valence-electron chi connectivity index (χ0n) is 18.9. The molecule has 1 amide bonds. The molecule has 184 valence electrons. The van der Waals surface area contributed by atoms with Gasteiger partial charge >= 0.3 is 11.9 Å². The molecule has 1 fully saturated rings. The summed E-state index contributed by atoms with van der Waals surface area (Å²) in [5.74, 6) is 4.38. The number of benzene rings is 1. The SMILES string of the molecule is CCNC(=O)c1ccc(C2=CS3(OC(=O)C(=O)O3)C(/N=C/N(N)CCc3ccccc3OC)=N2)o1. The van der Waals surface area contributed by atoms with Crippen LogP contribution in [0.1, 0.15) is 28.8 Å². The number of carbonyl (C=O) groups is 3. The largest absolute Gasteiger partial charge is 0.496 e. The fraction of sp³-hybridized carbons (Fsp3) is 0.227. The molecule has 0 unspecified atom stereocenters. The van der Waals surface area contributed by atoms with Gasteiger partial charge in [-0.1, -0.05) is 18.2 Å². The second kappa shape index (κ2) is 10.0. The summed E-state index contributed by atoms with van der Waals surface area (Å²) < 4.78 is 21.4. The molecule has 3 N–H and O–H groups in total. The first kappa shape index (κ1) is 24.0. The number of hydrazine groups is 1. The molecule has 35 heavy (non-hydrogen) atoms. The molecule has 1 aromatic carbocycles. The lowest BCUT2D eigenvalue weighted by atomic mass is 10.1. The van der Waals surface area contributed by atoms with Crippen LogP contribution >= 0.6 is 10.6 Å². The van der Waals surface area contributed by atoms with E-state index in [1.165, 1.54) is 28.9 Å². The Hall–Kier alpha value is -4.10. The number of carbonyl (C=O) groups excluding carboxylic acids is 3. The van der Waals surface area contributed by atoms with Gasteiger partial charge in [-0.2, -0.15) is 0 Å². The van der Waals surface area contributed by atoms with Crippen molar-refractivity contribution in [2.45, 2.75) is 13.3 Å². The Labute approximate surface area is 202 Å². The van der Waals surface area contributed by atoms with Gasteiger partial charge in [0.25, 0.3) is 11.1 Å². The van der Waals surface area contributed by atoms with E-state index in [4.69, 9.17) is 23.4 Å². The van der Waals surface area contributed by atoms with E-state index in [0.717, 1.165) is 11.3 Å². The lowest BCUT2D eigenvalue weighted by Crippen LogP contribution is -2.32. The molecule has 12 nitrogen and oxygen atoms in total. The highest BCUT2D eigenvalue weighted by Crippen LogP contribution is 2.62. The number of amides is 1. The molecule has 1 spiro atoms. The Morgan fingerprint density at radius 3 is 2.69 bits per heavy atom. The third-order valence-electron chi connectivity index (χ3n) is 4.87. The molecule has 1 saturated heterocycles. The van der Waals surface area contributed by atoms with Crippen molar-refractivity contribution in [1.82, 2.24) is 10.3 Å². The quantitative estimate of drug-likeness (QED) is 0.181. The Morgan fingerprint density at radius 1 is 1.23 bits per heavy atom. The number of nitrogens with one attached hydrogen (secondary N) is 1. The van der Waals surface area contributed by atoms with Gasteiger partial charge in [0, 0.05) is 13.1 Å². The summed E-state index contributed by atoms with van der Waals surface area (Å²) in [5.41, 5.74) is 1.16. The van der Waals surface area contributed by atoms with Crippen molar-refractivity contribution in [2.75, 3.05) is 20.2 Å². The van der Waals surface area contributed by atoms with Gasteiger partial charge in [-0.25, -0.2) is 25.4 Å². The first-order valence-corrected chi connectivity index (χ1v) is 12.1. The zero-order chi connectivity index (χ0) is 25.0. The van der Waals surface area contributed by atoms with Gasteiger partial charge in [0.2, 0.25) is 0 Å². The molecular weight excluding hydrogens is 478 g/mol. The number of ether oxygens (including phenoxy) is 1. The molecule has 4 rings (SSSR count). The number of nitrogens with two attached hydrogens (primary N) is 1. The van der Waals surface area contributed by atoms with Crippen molar-refractivity contribution in [2.24, 2.45) is 15.8 Å². The van der Waals surface area contributed by atoms with E-state index in [1.54, 1.807) is 14.0 Å². The number of nitrogens with zero attached hydrogens (tertiary/aromatic N) is 3. The predicted octanol–water partition coefficient (Wildman–Crippen LogP) is 1.89. The maximum Gasteiger partial charge on any atom is 0.442 e. The molecule has 2 aromatic rings. The summed E-state index contributed by atoms with van der Waals surface area (Å²) in [7, 11) is -1.44. The standard InChI is InChI=1S/C22H23N5O7S/c1-3-24-19(28)18-9-8-17(32-18)15-12-35(33-20(29)21(30)34-35)22(26-15)25-13-27(23)11-10-14-6-4-5-7-16(14)31-2/h4-9,12-13H,3,10-11,23H2,1-2H3,(H,24,28)/b25-13+. The molecular formula is C22H23N5O7S. The molecule has 0 aliphatic carbocycles. The monoisotopic (exact) mass is 501 g/mol. The van der Waals surface area contributed by atoms with Gasteiger partial charge < -0.3 is 27.8 Å². The predicted molar refractivity (Wildman–Crippen MR) is 128 cm³/mol. The average Bonchev–Trinajstić information content (AvgIpc) is 3.54. The number of methoxy groups -OCH3 is 1. The summed E-state index contributed by atoms with van der Waals surface area (Å²) >= 11 is 0. The lowest BCUT2D eigenvalue weighted by molar-refractivity contribution is -0.150. The topological polar surface area (TPSA) is 158 Å². The minimum absolute atomic E-state index is 0.0598. The second-order valence-electron chi connectivity index (χ2n) is 7.25. The second-order valence-corrected chi connectivity index (χ2v) is 9.28. The Kier molecular flexibility index (Phi) is 6.89. The van der Waals surface area contributed by atoms with Crippen LogP contribution in [0.3, 0.4) is 0 Å². The van der Waals surface area contributed by atoms with Crippen molar-refractivity contribution in [3.8, 4) is 5.75 Å². The van der Waals surface area contributed by atoms with Crippen molar-refractivity contribution in [3.05, 3.63) is 58.9 Å². The molecule has 13 heteroatoms. The van der Waals surface area contributed by atoms with Crippen molar-refractivity contribution in [1.29, 1.82) is 0 Å². The van der Waals surface area contributed by atoms with E-state index in [1.807, 2.05) is 24.3 Å². The highest BCUT2D eigenvalue weighted by Gasteiger charge is 2.48. The van der Waals surface area contributed by atoms with Gasteiger partial charge in [0.15, 0.2) is 11.5 Å². The fourth-order valence-corrected chi connectivity index (χ4v) is 5.08. The van der Waals surface area contributed by atoms with Crippen LogP contribution in [-0.2, 0) is 24.4 Å². The maximum absolute atomic E-state index is 12.0. The normalized spacial score (nSPS) is 17.1. The maximum atomic E-state index is 12.0. The number of para-hydroxylation sites is 1. The van der Waals surface area contributed by atoms with Crippen LogP contribution in [0.5, 0.6) is 5.75 Å². The highest BCUT2D eigenvalue weighted by atomic mass is 32.3. The van der Waals surface area contributed by atoms with Gasteiger partial charge in [0.1, 0.15) is 17.8 Å². The molecule has 0 atom stereocenters. The van der Waals surface area contributed by atoms with Crippen molar-refractivity contribution < 1.29 is 31.9 Å². The number of aliphatic imine (C=N–C) groups is 2. The van der Waals surface area contributed by atoms with Gasteiger partial charge in [-0.15, -0.1) is 0 Å². The number of furan rings is 1. The molecule has 2 aliphatic heterocycles. The summed E-state index contributed by atoms with van der Waals surface area (Å²) in [4.78, 5) is 44.2. The Bertz CT molecular complexity index is 1240. The zero-order valence-corrected chi connectivity index (χ0v) is 19.7. The third kappa shape index (κ3) is 5.05. The van der Waals surface area contributed by atoms with Crippen LogP contribution in [0, 0.1) is 0 Å². The minimum atomic E-state index is -3.03. The van der Waals surface area contributed by atoms with Gasteiger partial charge in [-0.05, 0) is 47.7 Å². The van der Waals surface area contributed by atoms with E-state index in [0.29, 0.717) is 19.5 Å². The van der Waals surface area contributed by atoms with E-state index < -0.39 is 28.4 Å². The summed E-state index contributed by atoms with van der Waals surface area (Å²) in [6, 6.07) is 10.6. The van der Waals surface area contributed by atoms with Crippen LogP contribution < -0.4 is 15.9 Å². The molecule has 0 radical (unpaired) electrons. The first-order valence-electron chi connectivity index (χ1n) is 10.5. The number of hydrogen-bond acceptors (Lipinski definition) is 10. The third-order valence-corrected chi connectivity index (χ3v) is 6.91. The molecule has 0 saturated carbocycles. The summed E-state index contributed by atoms with van der Waals surface area (Å²) in [5, 5.41) is 5.24. The highest BCUT2D eigenvalue weighted by molar-refractivity contribution is 8.41. The van der Waals surface area contributed by atoms with Crippen LogP contribution in [0.4, 0.5) is 0 Å².